The summed E-state index contributed by atoms with van der Waals surface area (Å²) < 4.78 is 28.3. The Bertz CT molecular complexity index is 899. The molecule has 2 aromatic rings. The lowest BCUT2D eigenvalue weighted by atomic mass is 10.1. The molecule has 1 aliphatic heterocycles. The lowest BCUT2D eigenvalue weighted by molar-refractivity contribution is 0.101. The third-order valence-corrected chi connectivity index (χ3v) is 6.06. The number of hydrogen-bond acceptors (Lipinski definition) is 4. The first-order chi connectivity index (χ1) is 12.4. The summed E-state index contributed by atoms with van der Waals surface area (Å²) in [4.78, 5) is 14.2. The molecule has 138 valence electrons. The van der Waals surface area contributed by atoms with E-state index in [1.165, 1.54) is 13.3 Å². The molecule has 26 heavy (non-hydrogen) atoms. The van der Waals surface area contributed by atoms with E-state index in [1.54, 1.807) is 36.4 Å². The minimum atomic E-state index is -3.72. The summed E-state index contributed by atoms with van der Waals surface area (Å²) in [6, 6.07) is 12.0. The molecule has 0 amide bonds. The highest BCUT2D eigenvalue weighted by atomic mass is 32.2. The predicted octanol–water partition coefficient (Wildman–Crippen LogP) is 3.99. The van der Waals surface area contributed by atoms with Crippen molar-refractivity contribution in [2.24, 2.45) is 0 Å². The molecule has 0 bridgehead atoms. The van der Waals surface area contributed by atoms with Crippen LogP contribution in [0.25, 0.3) is 0 Å². The average molecular weight is 372 g/mol. The second-order valence-corrected chi connectivity index (χ2v) is 8.44. The van der Waals surface area contributed by atoms with Crippen molar-refractivity contribution in [2.45, 2.75) is 38.0 Å². The van der Waals surface area contributed by atoms with Gasteiger partial charge >= 0.3 is 0 Å². The Morgan fingerprint density at radius 3 is 2.27 bits per heavy atom. The SMILES string of the molecule is CC(=O)c1ccc(N2CCCCC2)c(NS(=O)(=O)c2ccc(C)cc2)c1. The number of nitrogens with zero attached hydrogens (tertiary/aromatic N) is 1. The molecule has 2 aromatic carbocycles. The van der Waals surface area contributed by atoms with Crippen LogP contribution in [0.3, 0.4) is 0 Å². The van der Waals surface area contributed by atoms with Crippen LogP contribution in [0.4, 0.5) is 11.4 Å². The third kappa shape index (κ3) is 4.07. The number of ketones is 1. The monoisotopic (exact) mass is 372 g/mol. The zero-order chi connectivity index (χ0) is 18.7. The van der Waals surface area contributed by atoms with Gasteiger partial charge < -0.3 is 4.90 Å². The van der Waals surface area contributed by atoms with Gasteiger partial charge in [0.15, 0.2) is 5.78 Å². The first-order valence-corrected chi connectivity index (χ1v) is 10.3. The molecule has 1 N–H and O–H groups in total. The number of nitrogens with one attached hydrogen (secondary N) is 1. The van der Waals surface area contributed by atoms with E-state index in [-0.39, 0.29) is 10.7 Å². The van der Waals surface area contributed by atoms with Gasteiger partial charge in [-0.2, -0.15) is 0 Å². The van der Waals surface area contributed by atoms with Gasteiger partial charge in [-0.05, 0) is 63.4 Å². The van der Waals surface area contributed by atoms with E-state index in [2.05, 4.69) is 9.62 Å². The highest BCUT2D eigenvalue weighted by molar-refractivity contribution is 7.92. The summed E-state index contributed by atoms with van der Waals surface area (Å²) in [7, 11) is -3.72. The maximum Gasteiger partial charge on any atom is 0.261 e. The lowest BCUT2D eigenvalue weighted by Gasteiger charge is -2.31. The summed E-state index contributed by atoms with van der Waals surface area (Å²) in [5.74, 6) is -0.0917. The van der Waals surface area contributed by atoms with E-state index in [1.807, 2.05) is 13.0 Å². The Morgan fingerprint density at radius 2 is 1.65 bits per heavy atom. The summed E-state index contributed by atoms with van der Waals surface area (Å²) in [5, 5.41) is 0. The van der Waals surface area contributed by atoms with Crippen molar-refractivity contribution < 1.29 is 13.2 Å². The molecule has 0 saturated carbocycles. The van der Waals surface area contributed by atoms with E-state index in [0.29, 0.717) is 11.3 Å². The molecule has 1 saturated heterocycles. The summed E-state index contributed by atoms with van der Waals surface area (Å²) in [6.07, 6.45) is 3.35. The van der Waals surface area contributed by atoms with Crippen LogP contribution in [-0.2, 0) is 10.0 Å². The molecule has 6 heteroatoms. The molecule has 0 radical (unpaired) electrons. The quantitative estimate of drug-likeness (QED) is 0.806. The maximum absolute atomic E-state index is 12.8. The van der Waals surface area contributed by atoms with Crippen molar-refractivity contribution >= 4 is 27.2 Å². The summed E-state index contributed by atoms with van der Waals surface area (Å²) >= 11 is 0. The molecule has 0 aliphatic carbocycles. The number of hydrogen-bond donors (Lipinski definition) is 1. The van der Waals surface area contributed by atoms with Gasteiger partial charge in [0.1, 0.15) is 0 Å². The summed E-state index contributed by atoms with van der Waals surface area (Å²) in [5.41, 5.74) is 2.77. The van der Waals surface area contributed by atoms with Gasteiger partial charge in [-0.25, -0.2) is 8.42 Å². The molecule has 1 heterocycles. The first-order valence-electron chi connectivity index (χ1n) is 8.86. The molecule has 0 unspecified atom stereocenters. The Hall–Kier alpha value is -2.34. The largest absolute Gasteiger partial charge is 0.370 e. The van der Waals surface area contributed by atoms with Crippen LogP contribution in [0.1, 0.15) is 42.1 Å². The molecular weight excluding hydrogens is 348 g/mol. The van der Waals surface area contributed by atoms with Crippen LogP contribution in [0, 0.1) is 6.92 Å². The second-order valence-electron chi connectivity index (χ2n) is 6.75. The van der Waals surface area contributed by atoms with Crippen molar-refractivity contribution in [3.63, 3.8) is 0 Å². The normalized spacial score (nSPS) is 14.9. The number of carbonyl (C=O) groups is 1. The molecule has 0 spiro atoms. The predicted molar refractivity (Wildman–Crippen MR) is 104 cm³/mol. The van der Waals surface area contributed by atoms with Crippen molar-refractivity contribution in [3.8, 4) is 0 Å². The van der Waals surface area contributed by atoms with Crippen molar-refractivity contribution in [3.05, 3.63) is 53.6 Å². The minimum Gasteiger partial charge on any atom is -0.370 e. The lowest BCUT2D eigenvalue weighted by Crippen LogP contribution is -2.30. The van der Waals surface area contributed by atoms with Crippen molar-refractivity contribution in [2.75, 3.05) is 22.7 Å². The van der Waals surface area contributed by atoms with Crippen LogP contribution in [0.15, 0.2) is 47.4 Å². The fourth-order valence-corrected chi connectivity index (χ4v) is 4.23. The molecule has 0 atom stereocenters. The number of benzene rings is 2. The topological polar surface area (TPSA) is 66.5 Å². The number of piperidine rings is 1. The van der Waals surface area contributed by atoms with Crippen LogP contribution in [0.5, 0.6) is 0 Å². The van der Waals surface area contributed by atoms with Gasteiger partial charge in [0.05, 0.1) is 16.3 Å². The van der Waals surface area contributed by atoms with Gasteiger partial charge in [0, 0.05) is 18.7 Å². The maximum atomic E-state index is 12.8. The van der Waals surface area contributed by atoms with E-state index in [0.717, 1.165) is 37.2 Å². The van der Waals surface area contributed by atoms with Gasteiger partial charge in [-0.3, -0.25) is 9.52 Å². The third-order valence-electron chi connectivity index (χ3n) is 4.68. The molecule has 5 nitrogen and oxygen atoms in total. The zero-order valence-corrected chi connectivity index (χ0v) is 16.0. The van der Waals surface area contributed by atoms with Gasteiger partial charge in [0.2, 0.25) is 0 Å². The number of carbonyl (C=O) groups excluding carboxylic acids is 1. The van der Waals surface area contributed by atoms with Gasteiger partial charge in [-0.1, -0.05) is 17.7 Å². The molecule has 3 rings (SSSR count). The average Bonchev–Trinajstić information content (AvgIpc) is 2.62. The van der Waals surface area contributed by atoms with E-state index in [9.17, 15) is 13.2 Å². The minimum absolute atomic E-state index is 0.0917. The molecule has 1 aliphatic rings. The number of aryl methyl sites for hydroxylation is 1. The second kappa shape index (κ2) is 7.50. The molecular formula is C20H24N2O3S. The first kappa shape index (κ1) is 18.5. The van der Waals surface area contributed by atoms with E-state index >= 15 is 0 Å². The Labute approximate surface area is 155 Å². The van der Waals surface area contributed by atoms with Crippen molar-refractivity contribution in [1.29, 1.82) is 0 Å². The van der Waals surface area contributed by atoms with Crippen LogP contribution in [-0.4, -0.2) is 27.3 Å². The Morgan fingerprint density at radius 1 is 1.00 bits per heavy atom. The standard InChI is InChI=1S/C20H24N2O3S/c1-15-6-9-18(10-7-15)26(24,25)21-19-14-17(16(2)23)8-11-20(19)22-12-4-3-5-13-22/h6-11,14,21H,3-5,12-13H2,1-2H3. The Kier molecular flexibility index (Phi) is 5.32. The molecule has 0 aromatic heterocycles. The number of Topliss-reactive ketones (excluding diaryl/α,β-unsaturated/α-hetero) is 1. The number of sulfonamides is 1. The molecule has 1 fully saturated rings. The van der Waals surface area contributed by atoms with Crippen LogP contribution in [0.2, 0.25) is 0 Å². The smallest absolute Gasteiger partial charge is 0.261 e. The highest BCUT2D eigenvalue weighted by Crippen LogP contribution is 2.31. The van der Waals surface area contributed by atoms with Crippen molar-refractivity contribution in [1.82, 2.24) is 0 Å². The number of rotatable bonds is 5. The van der Waals surface area contributed by atoms with Gasteiger partial charge in [-0.15, -0.1) is 0 Å². The fraction of sp³-hybridized carbons (Fsp3) is 0.350. The summed E-state index contributed by atoms with van der Waals surface area (Å²) in [6.45, 7) is 5.17. The van der Waals surface area contributed by atoms with E-state index in [4.69, 9.17) is 0 Å². The fourth-order valence-electron chi connectivity index (χ4n) is 3.17. The van der Waals surface area contributed by atoms with E-state index < -0.39 is 10.0 Å². The zero-order valence-electron chi connectivity index (χ0n) is 15.2. The number of anilines is 2. The Balaban J connectivity index is 1.99. The van der Waals surface area contributed by atoms with Crippen LogP contribution >= 0.6 is 0 Å². The van der Waals surface area contributed by atoms with Crippen LogP contribution < -0.4 is 9.62 Å². The van der Waals surface area contributed by atoms with Gasteiger partial charge in [0.25, 0.3) is 10.0 Å². The highest BCUT2D eigenvalue weighted by Gasteiger charge is 2.20.